The van der Waals surface area contributed by atoms with Gasteiger partial charge < -0.3 is 20.9 Å². The number of rotatable bonds is 43. The van der Waals surface area contributed by atoms with Gasteiger partial charge in [0.05, 0.1) is 0 Å². The number of carboxylic acids is 1. The van der Waals surface area contributed by atoms with Crippen molar-refractivity contribution in [1.29, 1.82) is 0 Å². The summed E-state index contributed by atoms with van der Waals surface area (Å²) in [5.41, 5.74) is 5.49. The van der Waals surface area contributed by atoms with Crippen LogP contribution in [0, 0.1) is 0 Å². The highest BCUT2D eigenvalue weighted by atomic mass is 16.5. The molecule has 1 amide bonds. The summed E-state index contributed by atoms with van der Waals surface area (Å²) in [5, 5.41) is 12.0. The molecular formula is C55H90N2O5. The van der Waals surface area contributed by atoms with Gasteiger partial charge >= 0.3 is 11.9 Å². The number of esters is 1. The summed E-state index contributed by atoms with van der Waals surface area (Å²) in [5.74, 6) is -1.34. The first kappa shape index (κ1) is 58.0. The van der Waals surface area contributed by atoms with Gasteiger partial charge in [-0.15, -0.1) is 0 Å². The lowest BCUT2D eigenvalue weighted by molar-refractivity contribution is -0.150. The van der Waals surface area contributed by atoms with E-state index in [2.05, 4.69) is 129 Å². The second kappa shape index (κ2) is 48.1. The van der Waals surface area contributed by atoms with Crippen LogP contribution < -0.4 is 11.1 Å². The molecule has 2 unspecified atom stereocenters. The van der Waals surface area contributed by atoms with Crippen LogP contribution in [0.25, 0.3) is 0 Å². The van der Waals surface area contributed by atoms with Gasteiger partial charge in [-0.1, -0.05) is 168 Å². The minimum atomic E-state index is -1.02. The van der Waals surface area contributed by atoms with E-state index in [-0.39, 0.29) is 18.0 Å². The smallest absolute Gasteiger partial charge is 0.326 e. The van der Waals surface area contributed by atoms with Gasteiger partial charge in [0, 0.05) is 12.8 Å². The summed E-state index contributed by atoms with van der Waals surface area (Å²) < 4.78 is 6.02. The number of allylic oxidation sites excluding steroid dienone is 18. The molecule has 0 radical (unpaired) electrons. The van der Waals surface area contributed by atoms with Gasteiger partial charge in [0.1, 0.15) is 12.1 Å². The molecule has 0 aliphatic rings. The number of unbranched alkanes of at least 4 members (excludes halogenated alkanes) is 11. The lowest BCUT2D eigenvalue weighted by Gasteiger charge is -2.18. The van der Waals surface area contributed by atoms with Gasteiger partial charge in [-0.3, -0.25) is 9.59 Å². The average molecular weight is 859 g/mol. The lowest BCUT2D eigenvalue weighted by Crippen LogP contribution is -2.40. The molecule has 4 N–H and O–H groups in total. The number of carboxylic acid groups (broad SMARTS) is 1. The summed E-state index contributed by atoms with van der Waals surface area (Å²) in [4.78, 5) is 36.5. The quantitative estimate of drug-likeness (QED) is 0.0319. The van der Waals surface area contributed by atoms with Crippen LogP contribution in [-0.4, -0.2) is 41.6 Å². The minimum Gasteiger partial charge on any atom is -0.480 e. The number of nitrogens with one attached hydrogen (secondary N) is 1. The topological polar surface area (TPSA) is 119 Å². The van der Waals surface area contributed by atoms with Gasteiger partial charge in [-0.05, 0) is 135 Å². The van der Waals surface area contributed by atoms with Gasteiger partial charge in [-0.25, -0.2) is 4.79 Å². The Hall–Kier alpha value is -3.97. The predicted octanol–water partition coefficient (Wildman–Crippen LogP) is 14.8. The van der Waals surface area contributed by atoms with E-state index in [1.54, 1.807) is 0 Å². The Morgan fingerprint density at radius 3 is 1.44 bits per heavy atom. The number of carbonyl (C=O) groups excluding carboxylic acids is 2. The second-order valence-corrected chi connectivity index (χ2v) is 16.1. The fraction of sp³-hybridized carbons (Fsp3) is 0.618. The number of amides is 1. The summed E-state index contributed by atoms with van der Waals surface area (Å²) >= 11 is 0. The fourth-order valence-electron chi connectivity index (χ4n) is 6.65. The number of hydrogen-bond donors (Lipinski definition) is 3. The Bertz CT molecular complexity index is 1330. The van der Waals surface area contributed by atoms with Crippen molar-refractivity contribution in [3.63, 3.8) is 0 Å². The van der Waals surface area contributed by atoms with E-state index in [9.17, 15) is 19.5 Å². The van der Waals surface area contributed by atoms with Crippen molar-refractivity contribution >= 4 is 17.8 Å². The summed E-state index contributed by atoms with van der Waals surface area (Å²) in [7, 11) is 0. The van der Waals surface area contributed by atoms with Crippen LogP contribution in [0.4, 0.5) is 0 Å². The van der Waals surface area contributed by atoms with Crippen molar-refractivity contribution in [2.45, 2.75) is 212 Å². The van der Waals surface area contributed by atoms with Crippen molar-refractivity contribution in [3.05, 3.63) is 109 Å². The van der Waals surface area contributed by atoms with Crippen LogP contribution in [-0.2, 0) is 19.1 Å². The first-order chi connectivity index (χ1) is 30.4. The second-order valence-electron chi connectivity index (χ2n) is 16.1. The van der Waals surface area contributed by atoms with E-state index in [0.29, 0.717) is 32.2 Å². The summed E-state index contributed by atoms with van der Waals surface area (Å²) in [6.07, 6.45) is 67.1. The number of hydrogen-bond acceptors (Lipinski definition) is 5. The molecule has 7 heteroatoms. The molecule has 0 rings (SSSR count). The highest BCUT2D eigenvalue weighted by Gasteiger charge is 2.19. The number of carbonyl (C=O) groups is 3. The molecule has 0 aromatic heterocycles. The van der Waals surface area contributed by atoms with Gasteiger partial charge in [-0.2, -0.15) is 0 Å². The van der Waals surface area contributed by atoms with Crippen LogP contribution in [0.1, 0.15) is 200 Å². The van der Waals surface area contributed by atoms with Crippen LogP contribution in [0.15, 0.2) is 109 Å². The molecular weight excluding hydrogens is 769 g/mol. The van der Waals surface area contributed by atoms with Crippen molar-refractivity contribution in [3.8, 4) is 0 Å². The van der Waals surface area contributed by atoms with E-state index < -0.39 is 12.0 Å². The standard InChI is InChI=1S/C55H90N2O5/c1-3-5-7-9-11-13-15-17-18-19-20-21-22-23-24-25-26-28-30-32-34-39-43-49-54(59)62-51(45-40-36-33-31-29-27-16-14-12-10-8-6-4-2)46-41-37-35-38-42-48-53(58)57-52(55(60)61)47-44-50-56/h5,7,11,13,16-18,20-21,23-24,26-28,31-34,51-52H,3-4,6,8-10,12,14-15,19,22,25,29-30,35-50,56H2,1-2H3,(H,57,58)(H,60,61)/b7-5-,13-11-,18-17-,21-20-,24-23-,27-16-,28-26-,33-31-,34-32-. The highest BCUT2D eigenvalue weighted by Crippen LogP contribution is 2.17. The maximum absolute atomic E-state index is 12.8. The molecule has 7 nitrogen and oxygen atoms in total. The van der Waals surface area contributed by atoms with Crippen LogP contribution >= 0.6 is 0 Å². The monoisotopic (exact) mass is 859 g/mol. The van der Waals surface area contributed by atoms with Gasteiger partial charge in [0.25, 0.3) is 0 Å². The molecule has 0 heterocycles. The maximum Gasteiger partial charge on any atom is 0.326 e. The van der Waals surface area contributed by atoms with E-state index >= 15 is 0 Å². The normalized spacial score (nSPS) is 13.6. The number of ether oxygens (including phenoxy) is 1. The Labute approximate surface area is 380 Å². The van der Waals surface area contributed by atoms with Crippen molar-refractivity contribution in [2.75, 3.05) is 6.54 Å². The van der Waals surface area contributed by atoms with Crippen molar-refractivity contribution in [1.82, 2.24) is 5.32 Å². The molecule has 0 fully saturated rings. The maximum atomic E-state index is 12.8. The van der Waals surface area contributed by atoms with Crippen LogP contribution in [0.5, 0.6) is 0 Å². The van der Waals surface area contributed by atoms with E-state index in [1.807, 2.05) is 0 Å². The molecule has 350 valence electrons. The molecule has 0 saturated carbocycles. The molecule has 0 aromatic carbocycles. The minimum absolute atomic E-state index is 0.0700. The lowest BCUT2D eigenvalue weighted by atomic mass is 10.0. The molecule has 2 atom stereocenters. The molecule has 0 aliphatic carbocycles. The number of nitrogens with two attached hydrogens (primary N) is 1. The average Bonchev–Trinajstić information content (AvgIpc) is 3.26. The first-order valence-corrected chi connectivity index (χ1v) is 24.7. The molecule has 62 heavy (non-hydrogen) atoms. The van der Waals surface area contributed by atoms with Gasteiger partial charge in [0.15, 0.2) is 0 Å². The van der Waals surface area contributed by atoms with Gasteiger partial charge in [0.2, 0.25) is 5.91 Å². The van der Waals surface area contributed by atoms with Crippen LogP contribution in [0.2, 0.25) is 0 Å². The first-order valence-electron chi connectivity index (χ1n) is 24.7. The fourth-order valence-corrected chi connectivity index (χ4v) is 6.65. The van der Waals surface area contributed by atoms with E-state index in [4.69, 9.17) is 10.5 Å². The SMILES string of the molecule is CC/C=C\C/C=C\C/C=C\C/C=C\C/C=C\C/C=C\C/C=C\CCCC(=O)OC(CCC/C=C\C/C=C\CCCCCCC)CCCCCCCC(=O)NC(CCCN)C(=O)O. The Kier molecular flexibility index (Phi) is 45.0. The van der Waals surface area contributed by atoms with E-state index in [1.165, 1.54) is 38.5 Å². The molecule has 0 spiro atoms. The van der Waals surface area contributed by atoms with E-state index in [0.717, 1.165) is 122 Å². The Balaban J connectivity index is 4.47. The van der Waals surface area contributed by atoms with Crippen molar-refractivity contribution in [2.24, 2.45) is 5.73 Å². The third kappa shape index (κ3) is 44.1. The zero-order valence-corrected chi connectivity index (χ0v) is 39.4. The summed E-state index contributed by atoms with van der Waals surface area (Å²) in [6.45, 7) is 4.81. The Morgan fingerprint density at radius 2 is 0.919 bits per heavy atom. The molecule has 0 saturated heterocycles. The zero-order chi connectivity index (χ0) is 45.2. The largest absolute Gasteiger partial charge is 0.480 e. The zero-order valence-electron chi connectivity index (χ0n) is 39.4. The Morgan fingerprint density at radius 1 is 0.484 bits per heavy atom. The van der Waals surface area contributed by atoms with Crippen molar-refractivity contribution < 1.29 is 24.2 Å². The third-order valence-electron chi connectivity index (χ3n) is 10.3. The molecule has 0 bridgehead atoms. The highest BCUT2D eigenvalue weighted by molar-refractivity contribution is 5.83. The third-order valence-corrected chi connectivity index (χ3v) is 10.3. The summed E-state index contributed by atoms with van der Waals surface area (Å²) in [6, 6.07) is -0.872. The molecule has 0 aliphatic heterocycles. The molecule has 0 aromatic rings. The predicted molar refractivity (Wildman–Crippen MR) is 266 cm³/mol. The number of aliphatic carboxylic acids is 1. The van der Waals surface area contributed by atoms with Crippen LogP contribution in [0.3, 0.4) is 0 Å².